The van der Waals surface area contributed by atoms with Gasteiger partial charge in [0.05, 0.1) is 10.0 Å². The lowest BCUT2D eigenvalue weighted by Gasteiger charge is -1.96. The van der Waals surface area contributed by atoms with E-state index in [4.69, 9.17) is 0 Å². The fourth-order valence-corrected chi connectivity index (χ4v) is 4.37. The maximum Gasteiger partial charge on any atom is 0.291 e. The summed E-state index contributed by atoms with van der Waals surface area (Å²) in [6, 6.07) is 17.6. The van der Waals surface area contributed by atoms with Crippen molar-refractivity contribution in [1.82, 2.24) is 19.2 Å². The Morgan fingerprint density at radius 1 is 1.10 bits per heavy atom. The lowest BCUT2D eigenvalue weighted by atomic mass is 10.1. The Hall–Kier alpha value is -3.58. The molecule has 3 aromatic heterocycles. The number of carbonyl (C=O) groups excluding carboxylic acids is 1. The van der Waals surface area contributed by atoms with E-state index in [0.717, 1.165) is 22.0 Å². The third kappa shape index (κ3) is 3.05. The Morgan fingerprint density at radius 2 is 1.86 bits per heavy atom. The highest BCUT2D eigenvalue weighted by atomic mass is 32.1. The minimum Gasteiger partial charge on any atom is -0.287 e. The van der Waals surface area contributed by atoms with E-state index in [-0.39, 0.29) is 11.5 Å². The van der Waals surface area contributed by atoms with Gasteiger partial charge in [0.25, 0.3) is 5.56 Å². The van der Waals surface area contributed by atoms with Gasteiger partial charge >= 0.3 is 0 Å². The Bertz CT molecular complexity index is 1480. The van der Waals surface area contributed by atoms with Crippen LogP contribution in [0.2, 0.25) is 0 Å². The average molecular weight is 400 g/mol. The molecule has 3 heterocycles. The molecule has 142 valence electrons. The third-order valence-corrected chi connectivity index (χ3v) is 5.76. The molecule has 2 aromatic carbocycles. The lowest BCUT2D eigenvalue weighted by Crippen LogP contribution is -2.23. The number of aromatic nitrogens is 4. The van der Waals surface area contributed by atoms with Crippen LogP contribution in [-0.2, 0) is 6.42 Å². The second kappa shape index (κ2) is 6.79. The summed E-state index contributed by atoms with van der Waals surface area (Å²) in [5, 5.41) is 5.31. The quantitative estimate of drug-likeness (QED) is 0.467. The van der Waals surface area contributed by atoms with Crippen molar-refractivity contribution in [2.24, 2.45) is 0 Å². The van der Waals surface area contributed by atoms with Gasteiger partial charge in [-0.05, 0) is 17.7 Å². The summed E-state index contributed by atoms with van der Waals surface area (Å²) in [6.45, 7) is 1.52. The molecule has 0 unspecified atom stereocenters. The highest BCUT2D eigenvalue weighted by molar-refractivity contribution is 7.15. The van der Waals surface area contributed by atoms with Crippen LogP contribution in [0.15, 0.2) is 65.6 Å². The van der Waals surface area contributed by atoms with Crippen molar-refractivity contribution in [3.8, 4) is 0 Å². The summed E-state index contributed by atoms with van der Waals surface area (Å²) < 4.78 is 3.50. The zero-order chi connectivity index (χ0) is 20.0. The minimum atomic E-state index is -0.198. The van der Waals surface area contributed by atoms with Gasteiger partial charge in [-0.1, -0.05) is 59.9 Å². The number of nitrogens with zero attached hydrogens (tertiary/aromatic N) is 4. The first-order chi connectivity index (χ1) is 14.1. The molecule has 0 N–H and O–H groups in total. The predicted octanol–water partition coefficient (Wildman–Crippen LogP) is 2.90. The van der Waals surface area contributed by atoms with Gasteiger partial charge in [0.1, 0.15) is 0 Å². The van der Waals surface area contributed by atoms with Crippen LogP contribution in [0.5, 0.6) is 0 Å². The van der Waals surface area contributed by atoms with E-state index < -0.39 is 0 Å². The second-order valence-electron chi connectivity index (χ2n) is 6.79. The van der Waals surface area contributed by atoms with Crippen LogP contribution in [0.25, 0.3) is 21.9 Å². The molecule has 0 aliphatic carbocycles. The minimum absolute atomic E-state index is 0.0728. The molecule has 0 saturated heterocycles. The van der Waals surface area contributed by atoms with Crippen molar-refractivity contribution in [1.29, 1.82) is 0 Å². The summed E-state index contributed by atoms with van der Waals surface area (Å²) in [5.41, 5.74) is 2.55. The van der Waals surface area contributed by atoms with Crippen LogP contribution in [0.4, 0.5) is 0 Å². The van der Waals surface area contributed by atoms with Crippen LogP contribution in [0.3, 0.4) is 0 Å². The maximum atomic E-state index is 12.8. The van der Waals surface area contributed by atoms with E-state index in [0.29, 0.717) is 21.7 Å². The number of benzene rings is 2. The van der Waals surface area contributed by atoms with Gasteiger partial charge in [-0.15, -0.1) is 5.10 Å². The van der Waals surface area contributed by atoms with Crippen molar-refractivity contribution < 1.29 is 4.79 Å². The van der Waals surface area contributed by atoms with Crippen LogP contribution in [-0.4, -0.2) is 25.1 Å². The average Bonchev–Trinajstić information content (AvgIpc) is 3.37. The highest BCUT2D eigenvalue weighted by Gasteiger charge is 2.13. The first kappa shape index (κ1) is 17.5. The Morgan fingerprint density at radius 3 is 2.62 bits per heavy atom. The number of hydrogen-bond donors (Lipinski definition) is 0. The summed E-state index contributed by atoms with van der Waals surface area (Å²) in [5.74, 6) is 0.552. The van der Waals surface area contributed by atoms with Gasteiger partial charge in [0.15, 0.2) is 5.82 Å². The number of hydrogen-bond acceptors (Lipinski definition) is 5. The van der Waals surface area contributed by atoms with Crippen LogP contribution in [0, 0.1) is 0 Å². The van der Waals surface area contributed by atoms with Gasteiger partial charge in [0.2, 0.25) is 10.9 Å². The molecular weight excluding hydrogens is 384 g/mol. The summed E-state index contributed by atoms with van der Waals surface area (Å²) in [7, 11) is 0. The maximum absolute atomic E-state index is 12.8. The van der Waals surface area contributed by atoms with Crippen molar-refractivity contribution in [3.05, 3.63) is 92.6 Å². The van der Waals surface area contributed by atoms with Gasteiger partial charge in [0, 0.05) is 30.5 Å². The molecule has 7 heteroatoms. The van der Waals surface area contributed by atoms with E-state index in [2.05, 4.69) is 10.1 Å². The van der Waals surface area contributed by atoms with E-state index in [1.165, 1.54) is 22.8 Å². The number of rotatable bonds is 3. The first-order valence-electron chi connectivity index (χ1n) is 9.15. The fraction of sp³-hybridized carbons (Fsp3) is 0.0909. The topological polar surface area (TPSA) is 69.3 Å². The molecule has 0 fully saturated rings. The van der Waals surface area contributed by atoms with Crippen molar-refractivity contribution in [2.45, 2.75) is 13.3 Å². The summed E-state index contributed by atoms with van der Waals surface area (Å²) in [6.07, 6.45) is 4.16. The van der Waals surface area contributed by atoms with Gasteiger partial charge in [-0.3, -0.25) is 14.2 Å². The number of thiazole rings is 1. The molecule has 0 amide bonds. The first-order valence-corrected chi connectivity index (χ1v) is 9.97. The molecule has 0 atom stereocenters. The standard InChI is InChI=1S/C22H16N4O2S/c1-14(27)25-13-16(17-9-5-6-10-18(17)25)12-19-21(28)26-22(29-19)23-20(24-26)11-15-7-3-2-4-8-15/h2-10,12-13H,11H2,1H3/b19-12-. The molecule has 0 bridgehead atoms. The molecule has 0 aliphatic rings. The second-order valence-corrected chi connectivity index (χ2v) is 7.80. The molecule has 6 nitrogen and oxygen atoms in total. The SMILES string of the molecule is CC(=O)n1cc(/C=c2\sc3nc(Cc4ccccc4)nn3c2=O)c2ccccc21. The van der Waals surface area contributed by atoms with E-state index in [1.54, 1.807) is 10.8 Å². The van der Waals surface area contributed by atoms with E-state index in [1.807, 2.05) is 60.7 Å². The smallest absolute Gasteiger partial charge is 0.287 e. The summed E-state index contributed by atoms with van der Waals surface area (Å²) >= 11 is 1.30. The Kier molecular flexibility index (Phi) is 4.10. The molecule has 0 aliphatic heterocycles. The van der Waals surface area contributed by atoms with Crippen LogP contribution < -0.4 is 10.1 Å². The largest absolute Gasteiger partial charge is 0.291 e. The third-order valence-electron chi connectivity index (χ3n) is 4.80. The number of carbonyl (C=O) groups is 1. The van der Waals surface area contributed by atoms with E-state index in [9.17, 15) is 9.59 Å². The van der Waals surface area contributed by atoms with Crippen LogP contribution in [0.1, 0.15) is 28.7 Å². The highest BCUT2D eigenvalue weighted by Crippen LogP contribution is 2.22. The zero-order valence-electron chi connectivity index (χ0n) is 15.6. The fourth-order valence-electron chi connectivity index (χ4n) is 3.45. The number of fused-ring (bicyclic) bond motifs is 2. The molecule has 0 radical (unpaired) electrons. The summed E-state index contributed by atoms with van der Waals surface area (Å²) in [4.78, 5) is 29.9. The van der Waals surface area contributed by atoms with Crippen LogP contribution >= 0.6 is 11.3 Å². The normalized spacial score (nSPS) is 12.2. The van der Waals surface area contributed by atoms with Gasteiger partial charge < -0.3 is 0 Å². The Balaban J connectivity index is 1.59. The van der Waals surface area contributed by atoms with Gasteiger partial charge in [-0.25, -0.2) is 4.98 Å². The molecule has 0 saturated carbocycles. The molecule has 29 heavy (non-hydrogen) atoms. The van der Waals surface area contributed by atoms with Crippen molar-refractivity contribution in [2.75, 3.05) is 0 Å². The molecule has 5 rings (SSSR count). The zero-order valence-corrected chi connectivity index (χ0v) is 16.4. The van der Waals surface area contributed by atoms with Gasteiger partial charge in [-0.2, -0.15) is 4.52 Å². The molecular formula is C22H16N4O2S. The molecule has 5 aromatic rings. The number of para-hydroxylation sites is 1. The van der Waals surface area contributed by atoms with E-state index >= 15 is 0 Å². The van der Waals surface area contributed by atoms with Crippen molar-refractivity contribution in [3.63, 3.8) is 0 Å². The Labute approximate surface area is 169 Å². The van der Waals surface area contributed by atoms with Crippen molar-refractivity contribution >= 4 is 39.2 Å². The monoisotopic (exact) mass is 400 g/mol. The lowest BCUT2D eigenvalue weighted by molar-refractivity contribution is 0.0941. The predicted molar refractivity (Wildman–Crippen MR) is 113 cm³/mol. The molecule has 0 spiro atoms.